The maximum absolute atomic E-state index is 10.3. The Morgan fingerprint density at radius 3 is 2.37 bits per heavy atom. The number of benzene rings is 1. The van der Waals surface area contributed by atoms with Crippen molar-refractivity contribution in [3.63, 3.8) is 0 Å². The normalized spacial score (nSPS) is 21.3. The minimum atomic E-state index is 0.146. The zero-order chi connectivity index (χ0) is 13.6. The highest BCUT2D eigenvalue weighted by Gasteiger charge is 2.32. The Kier molecular flexibility index (Phi) is 2.85. The van der Waals surface area contributed by atoms with Crippen LogP contribution in [0.4, 0.5) is 0 Å². The SMILES string of the molecule is Cc1ccc2c(c1C1C=CC=C1)C(C(C)C)C(O)=C2. The van der Waals surface area contributed by atoms with E-state index in [1.807, 2.05) is 6.08 Å². The smallest absolute Gasteiger partial charge is 0.101 e. The summed E-state index contributed by atoms with van der Waals surface area (Å²) in [5.74, 6) is 1.43. The van der Waals surface area contributed by atoms with E-state index in [2.05, 4.69) is 57.2 Å². The van der Waals surface area contributed by atoms with Gasteiger partial charge in [-0.2, -0.15) is 0 Å². The van der Waals surface area contributed by atoms with Crippen LogP contribution in [0.3, 0.4) is 0 Å². The molecule has 1 aromatic rings. The Hall–Kier alpha value is -1.76. The monoisotopic (exact) mass is 252 g/mol. The van der Waals surface area contributed by atoms with Crippen LogP contribution in [0, 0.1) is 12.8 Å². The molecule has 1 nitrogen and oxygen atoms in total. The average molecular weight is 252 g/mol. The molecule has 0 aromatic heterocycles. The first kappa shape index (κ1) is 12.3. The van der Waals surface area contributed by atoms with E-state index in [0.29, 0.717) is 17.6 Å². The van der Waals surface area contributed by atoms with Crippen LogP contribution in [0.5, 0.6) is 0 Å². The lowest BCUT2D eigenvalue weighted by molar-refractivity contribution is 0.343. The molecule has 2 aliphatic rings. The second-order valence-corrected chi connectivity index (χ2v) is 5.89. The fourth-order valence-electron chi connectivity index (χ4n) is 3.37. The van der Waals surface area contributed by atoms with Crippen molar-refractivity contribution in [2.45, 2.75) is 32.6 Å². The maximum atomic E-state index is 10.3. The van der Waals surface area contributed by atoms with Gasteiger partial charge in [0.1, 0.15) is 5.76 Å². The molecule has 0 amide bonds. The lowest BCUT2D eigenvalue weighted by Gasteiger charge is -2.24. The number of hydrogen-bond donors (Lipinski definition) is 1. The Labute approximate surface area is 115 Å². The van der Waals surface area contributed by atoms with Gasteiger partial charge in [0.15, 0.2) is 0 Å². The third kappa shape index (κ3) is 1.85. The van der Waals surface area contributed by atoms with Crippen LogP contribution in [0.1, 0.15) is 47.9 Å². The maximum Gasteiger partial charge on any atom is 0.101 e. The molecule has 0 spiro atoms. The highest BCUT2D eigenvalue weighted by molar-refractivity contribution is 5.69. The van der Waals surface area contributed by atoms with Crippen molar-refractivity contribution in [3.05, 3.63) is 64.4 Å². The van der Waals surface area contributed by atoms with Crippen LogP contribution < -0.4 is 0 Å². The van der Waals surface area contributed by atoms with Gasteiger partial charge in [-0.25, -0.2) is 0 Å². The number of aliphatic hydroxyl groups excluding tert-OH is 1. The van der Waals surface area contributed by atoms with Gasteiger partial charge in [-0.05, 0) is 41.2 Å². The Morgan fingerprint density at radius 2 is 1.74 bits per heavy atom. The summed E-state index contributed by atoms with van der Waals surface area (Å²) in [5.41, 5.74) is 5.20. The molecule has 0 radical (unpaired) electrons. The summed E-state index contributed by atoms with van der Waals surface area (Å²) in [7, 11) is 0. The fourth-order valence-corrected chi connectivity index (χ4v) is 3.37. The minimum Gasteiger partial charge on any atom is -0.512 e. The van der Waals surface area contributed by atoms with Crippen LogP contribution >= 0.6 is 0 Å². The molecule has 0 saturated heterocycles. The van der Waals surface area contributed by atoms with E-state index in [1.54, 1.807) is 0 Å². The standard InChI is InChI=1S/C18H20O/c1-11(2)16-15(19)10-14-9-8-12(3)17(18(14)16)13-6-4-5-7-13/h4-11,13,16,19H,1-3H3. The fraction of sp³-hybridized carbons (Fsp3) is 0.333. The van der Waals surface area contributed by atoms with Gasteiger partial charge in [0.2, 0.25) is 0 Å². The Morgan fingerprint density at radius 1 is 1.05 bits per heavy atom. The van der Waals surface area contributed by atoms with Crippen LogP contribution in [-0.4, -0.2) is 5.11 Å². The largest absolute Gasteiger partial charge is 0.512 e. The molecule has 1 N–H and O–H groups in total. The zero-order valence-corrected chi connectivity index (χ0v) is 11.7. The van der Waals surface area contributed by atoms with Gasteiger partial charge in [-0.15, -0.1) is 0 Å². The summed E-state index contributed by atoms with van der Waals surface area (Å²) >= 11 is 0. The highest BCUT2D eigenvalue weighted by Crippen LogP contribution is 2.45. The first-order valence-electron chi connectivity index (χ1n) is 6.98. The summed E-state index contributed by atoms with van der Waals surface area (Å²) in [6.45, 7) is 6.52. The predicted octanol–water partition coefficient (Wildman–Crippen LogP) is 4.86. The molecule has 2 aliphatic carbocycles. The molecule has 0 fully saturated rings. The lowest BCUT2D eigenvalue weighted by Crippen LogP contribution is -2.11. The Balaban J connectivity index is 2.20. The third-order valence-electron chi connectivity index (χ3n) is 4.22. The number of aliphatic hydroxyl groups is 1. The van der Waals surface area contributed by atoms with Crippen molar-refractivity contribution in [2.24, 2.45) is 5.92 Å². The van der Waals surface area contributed by atoms with Gasteiger partial charge in [-0.3, -0.25) is 0 Å². The number of hydrogen-bond acceptors (Lipinski definition) is 1. The first-order chi connectivity index (χ1) is 9.09. The average Bonchev–Trinajstić information content (AvgIpc) is 2.95. The van der Waals surface area contributed by atoms with E-state index in [9.17, 15) is 5.11 Å². The van der Waals surface area contributed by atoms with Crippen molar-refractivity contribution in [3.8, 4) is 0 Å². The van der Waals surface area contributed by atoms with Gasteiger partial charge in [0.25, 0.3) is 0 Å². The van der Waals surface area contributed by atoms with Crippen molar-refractivity contribution in [1.29, 1.82) is 0 Å². The van der Waals surface area contributed by atoms with Gasteiger partial charge in [-0.1, -0.05) is 50.3 Å². The molecular formula is C18H20O. The zero-order valence-electron chi connectivity index (χ0n) is 11.7. The molecule has 1 heteroatoms. The summed E-state index contributed by atoms with van der Waals surface area (Å²) in [6.07, 6.45) is 10.6. The van der Waals surface area contributed by atoms with Gasteiger partial charge in [0.05, 0.1) is 0 Å². The van der Waals surface area contributed by atoms with E-state index in [-0.39, 0.29) is 5.92 Å². The molecule has 0 saturated carbocycles. The molecule has 1 aromatic carbocycles. The summed E-state index contributed by atoms with van der Waals surface area (Å²) in [6, 6.07) is 4.30. The minimum absolute atomic E-state index is 0.146. The summed E-state index contributed by atoms with van der Waals surface area (Å²) in [4.78, 5) is 0. The van der Waals surface area contributed by atoms with Gasteiger partial charge < -0.3 is 5.11 Å². The molecular weight excluding hydrogens is 232 g/mol. The molecule has 1 atom stereocenters. The van der Waals surface area contributed by atoms with Crippen LogP contribution in [0.25, 0.3) is 6.08 Å². The van der Waals surface area contributed by atoms with E-state index in [0.717, 1.165) is 0 Å². The molecule has 98 valence electrons. The van der Waals surface area contributed by atoms with E-state index < -0.39 is 0 Å². The van der Waals surface area contributed by atoms with E-state index in [4.69, 9.17) is 0 Å². The molecule has 0 aliphatic heterocycles. The van der Waals surface area contributed by atoms with Crippen molar-refractivity contribution in [2.75, 3.05) is 0 Å². The molecule has 0 heterocycles. The first-order valence-corrected chi connectivity index (χ1v) is 6.98. The quantitative estimate of drug-likeness (QED) is 0.797. The Bertz CT molecular complexity index is 590. The lowest BCUT2D eigenvalue weighted by atomic mass is 9.80. The number of fused-ring (bicyclic) bond motifs is 1. The topological polar surface area (TPSA) is 20.2 Å². The van der Waals surface area contributed by atoms with Crippen molar-refractivity contribution < 1.29 is 5.11 Å². The van der Waals surface area contributed by atoms with Crippen LogP contribution in [0.15, 0.2) is 42.2 Å². The van der Waals surface area contributed by atoms with E-state index in [1.165, 1.54) is 22.3 Å². The predicted molar refractivity (Wildman–Crippen MR) is 80.4 cm³/mol. The number of aryl methyl sites for hydroxylation is 1. The van der Waals surface area contributed by atoms with Crippen LogP contribution in [-0.2, 0) is 0 Å². The van der Waals surface area contributed by atoms with Crippen molar-refractivity contribution in [1.82, 2.24) is 0 Å². The highest BCUT2D eigenvalue weighted by atomic mass is 16.3. The summed E-state index contributed by atoms with van der Waals surface area (Å²) < 4.78 is 0. The van der Waals surface area contributed by atoms with Gasteiger partial charge in [0, 0.05) is 11.8 Å². The molecule has 0 bridgehead atoms. The van der Waals surface area contributed by atoms with Gasteiger partial charge >= 0.3 is 0 Å². The molecule has 3 rings (SSSR count). The second-order valence-electron chi connectivity index (χ2n) is 5.89. The molecule has 19 heavy (non-hydrogen) atoms. The van der Waals surface area contributed by atoms with E-state index >= 15 is 0 Å². The molecule has 1 unspecified atom stereocenters. The summed E-state index contributed by atoms with van der Waals surface area (Å²) in [5, 5.41) is 10.3. The van der Waals surface area contributed by atoms with Crippen LogP contribution in [0.2, 0.25) is 0 Å². The number of rotatable bonds is 2. The van der Waals surface area contributed by atoms with Crippen molar-refractivity contribution >= 4 is 6.08 Å². The second kappa shape index (κ2) is 4.41. The number of allylic oxidation sites excluding steroid dienone is 5. The third-order valence-corrected chi connectivity index (χ3v) is 4.22.